The van der Waals surface area contributed by atoms with Crippen molar-refractivity contribution in [2.24, 2.45) is 5.92 Å². The Morgan fingerprint density at radius 3 is 2.47 bits per heavy atom. The van der Waals surface area contributed by atoms with E-state index in [1.165, 1.54) is 0 Å². The molecule has 6 heteroatoms. The molecule has 0 spiro atoms. The molecule has 0 saturated heterocycles. The highest BCUT2D eigenvalue weighted by Crippen LogP contribution is 2.35. The predicted molar refractivity (Wildman–Crippen MR) is 56.6 cm³/mol. The van der Waals surface area contributed by atoms with Crippen LogP contribution in [0.25, 0.3) is 0 Å². The number of hydrogen-bond donors (Lipinski definition) is 2. The van der Waals surface area contributed by atoms with Crippen molar-refractivity contribution >= 4 is 13.6 Å². The molecule has 0 aliphatic heterocycles. The van der Waals surface area contributed by atoms with Crippen LogP contribution in [0.4, 0.5) is 0 Å². The summed E-state index contributed by atoms with van der Waals surface area (Å²) in [5, 5.41) is 0. The Hall–Kier alpha value is -0.380. The Morgan fingerprint density at radius 1 is 1.40 bits per heavy atom. The number of hydrogen-bond acceptors (Lipinski definition) is 3. The summed E-state index contributed by atoms with van der Waals surface area (Å²) in [7, 11) is -3.89. The fourth-order valence-electron chi connectivity index (χ4n) is 0.902. The average molecular weight is 238 g/mol. The molecule has 0 aromatic heterocycles. The molecule has 0 bridgehead atoms. The second-order valence-electron chi connectivity index (χ2n) is 3.57. The molecule has 0 fully saturated rings. The van der Waals surface area contributed by atoms with Gasteiger partial charge >= 0.3 is 13.6 Å². The van der Waals surface area contributed by atoms with E-state index in [4.69, 9.17) is 14.5 Å². The van der Waals surface area contributed by atoms with Crippen LogP contribution in [-0.4, -0.2) is 28.5 Å². The van der Waals surface area contributed by atoms with Crippen molar-refractivity contribution in [1.82, 2.24) is 0 Å². The zero-order valence-electron chi connectivity index (χ0n) is 9.18. The Labute approximate surface area is 90.0 Å². The lowest BCUT2D eigenvalue weighted by atomic mass is 10.1. The first-order chi connectivity index (χ1) is 6.87. The number of ether oxygens (including phenoxy) is 1. The molecule has 0 rings (SSSR count). The topological polar surface area (TPSA) is 83.8 Å². The minimum absolute atomic E-state index is 0.105. The summed E-state index contributed by atoms with van der Waals surface area (Å²) in [4.78, 5) is 28.3. The molecule has 0 heterocycles. The molecule has 0 aromatic rings. The molecule has 0 aromatic carbocycles. The van der Waals surface area contributed by atoms with Crippen LogP contribution in [-0.2, 0) is 14.1 Å². The van der Waals surface area contributed by atoms with Crippen molar-refractivity contribution in [3.8, 4) is 0 Å². The summed E-state index contributed by atoms with van der Waals surface area (Å²) < 4.78 is 15.4. The first-order valence-electron chi connectivity index (χ1n) is 5.08. The molecular formula is C9H19O5P. The van der Waals surface area contributed by atoms with Gasteiger partial charge in [0.1, 0.15) is 0 Å². The lowest BCUT2D eigenvalue weighted by Crippen LogP contribution is -2.14. The van der Waals surface area contributed by atoms with Gasteiger partial charge in [0.05, 0.1) is 12.5 Å². The molecule has 0 radical (unpaired) electrons. The van der Waals surface area contributed by atoms with Gasteiger partial charge in [-0.25, -0.2) is 0 Å². The molecule has 15 heavy (non-hydrogen) atoms. The van der Waals surface area contributed by atoms with Crippen molar-refractivity contribution in [1.29, 1.82) is 0 Å². The third kappa shape index (κ3) is 8.60. The minimum atomic E-state index is -3.89. The summed E-state index contributed by atoms with van der Waals surface area (Å²) in [5.41, 5.74) is 0. The smallest absolute Gasteiger partial charge is 0.325 e. The average Bonchev–Trinajstić information content (AvgIpc) is 2.14. The van der Waals surface area contributed by atoms with E-state index in [1.54, 1.807) is 6.92 Å². The summed E-state index contributed by atoms with van der Waals surface area (Å²) in [5.74, 6) is -0.347. The summed E-state index contributed by atoms with van der Waals surface area (Å²) in [6.45, 7) is 3.93. The van der Waals surface area contributed by atoms with Gasteiger partial charge in [0.15, 0.2) is 0 Å². The van der Waals surface area contributed by atoms with Crippen LogP contribution >= 0.6 is 7.60 Å². The van der Waals surface area contributed by atoms with Crippen LogP contribution in [0.3, 0.4) is 0 Å². The van der Waals surface area contributed by atoms with E-state index >= 15 is 0 Å². The van der Waals surface area contributed by atoms with E-state index in [2.05, 4.69) is 0 Å². The first kappa shape index (κ1) is 14.6. The van der Waals surface area contributed by atoms with Crippen molar-refractivity contribution in [2.45, 2.75) is 33.1 Å². The number of carbonyl (C=O) groups is 1. The van der Waals surface area contributed by atoms with Crippen molar-refractivity contribution < 1.29 is 23.9 Å². The highest BCUT2D eigenvalue weighted by Gasteiger charge is 2.13. The van der Waals surface area contributed by atoms with Gasteiger partial charge < -0.3 is 14.5 Å². The van der Waals surface area contributed by atoms with E-state index in [0.29, 0.717) is 12.8 Å². The second kappa shape index (κ2) is 6.99. The molecule has 0 saturated carbocycles. The van der Waals surface area contributed by atoms with E-state index in [-0.39, 0.29) is 24.7 Å². The van der Waals surface area contributed by atoms with Gasteiger partial charge in [-0.3, -0.25) is 9.36 Å². The van der Waals surface area contributed by atoms with Crippen LogP contribution in [0.2, 0.25) is 0 Å². The maximum Gasteiger partial charge on any atom is 0.325 e. The van der Waals surface area contributed by atoms with Crippen molar-refractivity contribution in [3.63, 3.8) is 0 Å². The zero-order valence-corrected chi connectivity index (χ0v) is 10.1. The lowest BCUT2D eigenvalue weighted by Gasteiger charge is -2.09. The molecule has 1 atom stereocenters. The highest BCUT2D eigenvalue weighted by atomic mass is 31.2. The molecule has 0 aliphatic carbocycles. The van der Waals surface area contributed by atoms with Gasteiger partial charge in [-0.1, -0.05) is 13.8 Å². The molecular weight excluding hydrogens is 219 g/mol. The van der Waals surface area contributed by atoms with Gasteiger partial charge in [-0.15, -0.1) is 0 Å². The maximum atomic E-state index is 11.2. The second-order valence-corrected chi connectivity index (χ2v) is 5.35. The van der Waals surface area contributed by atoms with Gasteiger partial charge in [0.25, 0.3) is 0 Å². The summed E-state index contributed by atoms with van der Waals surface area (Å²) >= 11 is 0. The molecule has 2 N–H and O–H groups in total. The normalized spacial score (nSPS) is 13.6. The quantitative estimate of drug-likeness (QED) is 0.399. The Kier molecular flexibility index (Phi) is 6.81. The lowest BCUT2D eigenvalue weighted by molar-refractivity contribution is -0.148. The van der Waals surface area contributed by atoms with E-state index in [9.17, 15) is 9.36 Å². The molecule has 90 valence electrons. The van der Waals surface area contributed by atoms with Gasteiger partial charge in [-0.2, -0.15) is 0 Å². The number of rotatable bonds is 7. The molecule has 0 amide bonds. The fourth-order valence-corrected chi connectivity index (χ4v) is 1.54. The molecule has 1 unspecified atom stereocenters. The van der Waals surface area contributed by atoms with Crippen LogP contribution in [0.15, 0.2) is 0 Å². The predicted octanol–water partition coefficient (Wildman–Crippen LogP) is 1.53. The Morgan fingerprint density at radius 2 is 2.00 bits per heavy atom. The number of esters is 1. The van der Waals surface area contributed by atoms with Crippen LogP contribution in [0.5, 0.6) is 0 Å². The van der Waals surface area contributed by atoms with Crippen molar-refractivity contribution in [3.05, 3.63) is 0 Å². The van der Waals surface area contributed by atoms with Crippen molar-refractivity contribution in [2.75, 3.05) is 12.8 Å². The largest absolute Gasteiger partial charge is 0.465 e. The summed E-state index contributed by atoms with van der Waals surface area (Å²) in [6.07, 6.45) is 1.46. The SMILES string of the molecule is CCC(C)C(=O)OCCCCP(=O)(O)O. The van der Waals surface area contributed by atoms with Gasteiger partial charge in [0, 0.05) is 6.16 Å². The number of unbranched alkanes of at least 4 members (excludes halogenated alkanes) is 1. The monoisotopic (exact) mass is 238 g/mol. The maximum absolute atomic E-state index is 11.2. The Balaban J connectivity index is 3.47. The zero-order chi connectivity index (χ0) is 11.9. The van der Waals surface area contributed by atoms with Crippen LogP contribution < -0.4 is 0 Å². The summed E-state index contributed by atoms with van der Waals surface area (Å²) in [6, 6.07) is 0. The van der Waals surface area contributed by atoms with E-state index in [0.717, 1.165) is 6.42 Å². The van der Waals surface area contributed by atoms with E-state index in [1.807, 2.05) is 6.92 Å². The molecule has 0 aliphatic rings. The van der Waals surface area contributed by atoms with Crippen LogP contribution in [0, 0.1) is 5.92 Å². The van der Waals surface area contributed by atoms with Crippen LogP contribution in [0.1, 0.15) is 33.1 Å². The van der Waals surface area contributed by atoms with Gasteiger partial charge in [0.2, 0.25) is 0 Å². The molecule has 5 nitrogen and oxygen atoms in total. The standard InChI is InChI=1S/C9H19O5P/c1-3-8(2)9(10)14-6-4-5-7-15(11,12)13/h8H,3-7H2,1-2H3,(H2,11,12,13). The third-order valence-corrected chi connectivity index (χ3v) is 3.00. The minimum Gasteiger partial charge on any atom is -0.465 e. The van der Waals surface area contributed by atoms with E-state index < -0.39 is 7.60 Å². The third-order valence-electron chi connectivity index (χ3n) is 2.10. The highest BCUT2D eigenvalue weighted by molar-refractivity contribution is 7.51. The first-order valence-corrected chi connectivity index (χ1v) is 6.87. The van der Waals surface area contributed by atoms with Gasteiger partial charge in [-0.05, 0) is 19.3 Å². The fraction of sp³-hybridized carbons (Fsp3) is 0.889. The Bertz CT molecular complexity index is 235. The number of carbonyl (C=O) groups excluding carboxylic acids is 1.